The number of hydrogen-bond donors (Lipinski definition) is 2. The molecule has 22 heavy (non-hydrogen) atoms. The minimum atomic E-state index is -1.01. The Morgan fingerprint density at radius 3 is 2.18 bits per heavy atom. The number of carboxylic acids is 1. The quantitative estimate of drug-likeness (QED) is 0.814. The van der Waals surface area contributed by atoms with Gasteiger partial charge in [-0.05, 0) is 45.0 Å². The second kappa shape index (κ2) is 7.06. The van der Waals surface area contributed by atoms with Crippen LogP contribution in [0.25, 0.3) is 0 Å². The number of benzene rings is 1. The molecule has 2 N–H and O–H groups in total. The van der Waals surface area contributed by atoms with Crippen LogP contribution in [0.5, 0.6) is 0 Å². The Morgan fingerprint density at radius 2 is 1.73 bits per heavy atom. The molecule has 0 radical (unpaired) electrons. The van der Waals surface area contributed by atoms with E-state index in [0.717, 1.165) is 0 Å². The Bertz CT molecular complexity index is 557. The van der Waals surface area contributed by atoms with Crippen LogP contribution in [0, 0.1) is 5.92 Å². The molecule has 1 aromatic carbocycles. The van der Waals surface area contributed by atoms with Gasteiger partial charge in [0.1, 0.15) is 5.60 Å². The first-order valence-electron chi connectivity index (χ1n) is 6.94. The topological polar surface area (TPSA) is 92.7 Å². The highest BCUT2D eigenvalue weighted by Gasteiger charge is 2.19. The largest absolute Gasteiger partial charge is 0.481 e. The van der Waals surface area contributed by atoms with Crippen molar-refractivity contribution in [3.05, 3.63) is 29.8 Å². The van der Waals surface area contributed by atoms with E-state index in [1.54, 1.807) is 52.0 Å². The average Bonchev–Trinajstić information content (AvgIpc) is 2.35. The van der Waals surface area contributed by atoms with E-state index in [1.165, 1.54) is 0 Å². The van der Waals surface area contributed by atoms with Crippen molar-refractivity contribution in [1.82, 2.24) is 0 Å². The van der Waals surface area contributed by atoms with Crippen LogP contribution < -0.4 is 5.32 Å². The van der Waals surface area contributed by atoms with Gasteiger partial charge in [0.2, 0.25) is 0 Å². The van der Waals surface area contributed by atoms with Crippen molar-refractivity contribution in [1.29, 1.82) is 0 Å². The molecule has 0 saturated carbocycles. The summed E-state index contributed by atoms with van der Waals surface area (Å²) < 4.78 is 5.12. The van der Waals surface area contributed by atoms with E-state index in [1.807, 2.05) is 0 Å². The number of carboxylic acid groups (broad SMARTS) is 1. The molecule has 120 valence electrons. The maximum Gasteiger partial charge on any atom is 0.412 e. The number of carbonyl (C=O) groups is 3. The number of rotatable bonds is 5. The van der Waals surface area contributed by atoms with Crippen LogP contribution in [0.3, 0.4) is 0 Å². The van der Waals surface area contributed by atoms with Gasteiger partial charge in [-0.15, -0.1) is 0 Å². The SMILES string of the molecule is CC(CC(=O)O)C(=O)c1ccc(NC(=O)OC(C)(C)C)cc1. The van der Waals surface area contributed by atoms with E-state index < -0.39 is 23.6 Å². The van der Waals surface area contributed by atoms with Crippen molar-refractivity contribution < 1.29 is 24.2 Å². The lowest BCUT2D eigenvalue weighted by molar-refractivity contribution is -0.137. The third kappa shape index (κ3) is 5.95. The molecule has 0 aliphatic carbocycles. The number of Topliss-reactive ketones (excluding diaryl/α,β-unsaturated/α-hetero) is 1. The second-order valence-electron chi connectivity index (χ2n) is 6.07. The number of ether oxygens (including phenoxy) is 1. The smallest absolute Gasteiger partial charge is 0.412 e. The Labute approximate surface area is 129 Å². The molecule has 1 amide bonds. The minimum absolute atomic E-state index is 0.212. The van der Waals surface area contributed by atoms with Gasteiger partial charge < -0.3 is 9.84 Å². The van der Waals surface area contributed by atoms with Gasteiger partial charge in [-0.2, -0.15) is 0 Å². The summed E-state index contributed by atoms with van der Waals surface area (Å²) in [6.07, 6.45) is -0.790. The number of amides is 1. The third-order valence-corrected chi connectivity index (χ3v) is 2.74. The van der Waals surface area contributed by atoms with Crippen LogP contribution in [0.15, 0.2) is 24.3 Å². The first-order chi connectivity index (χ1) is 10.1. The Morgan fingerprint density at radius 1 is 1.18 bits per heavy atom. The van der Waals surface area contributed by atoms with E-state index in [-0.39, 0.29) is 12.2 Å². The van der Waals surface area contributed by atoms with Crippen molar-refractivity contribution >= 4 is 23.5 Å². The Kier molecular flexibility index (Phi) is 5.68. The summed E-state index contributed by atoms with van der Waals surface area (Å²) in [4.78, 5) is 34.3. The normalized spacial score (nSPS) is 12.4. The van der Waals surface area contributed by atoms with E-state index >= 15 is 0 Å². The molecule has 1 aromatic rings. The fraction of sp³-hybridized carbons (Fsp3) is 0.438. The highest BCUT2D eigenvalue weighted by molar-refractivity contribution is 5.99. The highest BCUT2D eigenvalue weighted by atomic mass is 16.6. The van der Waals surface area contributed by atoms with Crippen molar-refractivity contribution in [2.45, 2.75) is 39.7 Å². The van der Waals surface area contributed by atoms with Crippen LogP contribution in [-0.2, 0) is 9.53 Å². The standard InChI is InChI=1S/C16H21NO5/c1-10(9-13(18)19)14(20)11-5-7-12(8-6-11)17-15(21)22-16(2,3)4/h5-8,10H,9H2,1-4H3,(H,17,21)(H,18,19). The number of ketones is 1. The van der Waals surface area contributed by atoms with Crippen molar-refractivity contribution in [2.75, 3.05) is 5.32 Å². The monoisotopic (exact) mass is 307 g/mol. The lowest BCUT2D eigenvalue weighted by Gasteiger charge is -2.19. The van der Waals surface area contributed by atoms with Crippen LogP contribution in [0.1, 0.15) is 44.5 Å². The van der Waals surface area contributed by atoms with Crippen LogP contribution in [-0.4, -0.2) is 28.6 Å². The highest BCUT2D eigenvalue weighted by Crippen LogP contribution is 2.16. The maximum atomic E-state index is 12.0. The number of aliphatic carboxylic acids is 1. The molecular formula is C16H21NO5. The summed E-state index contributed by atoms with van der Waals surface area (Å²) in [7, 11) is 0. The second-order valence-corrected chi connectivity index (χ2v) is 6.07. The fourth-order valence-corrected chi connectivity index (χ4v) is 1.78. The van der Waals surface area contributed by atoms with Crippen molar-refractivity contribution in [3.8, 4) is 0 Å². The third-order valence-electron chi connectivity index (χ3n) is 2.74. The van der Waals surface area contributed by atoms with Crippen LogP contribution >= 0.6 is 0 Å². The van der Waals surface area contributed by atoms with E-state index in [9.17, 15) is 14.4 Å². The van der Waals surface area contributed by atoms with E-state index in [4.69, 9.17) is 9.84 Å². The zero-order chi connectivity index (χ0) is 16.9. The molecule has 0 aliphatic heterocycles. The van der Waals surface area contributed by atoms with Crippen LogP contribution in [0.4, 0.5) is 10.5 Å². The minimum Gasteiger partial charge on any atom is -0.481 e. The maximum absolute atomic E-state index is 12.0. The molecular weight excluding hydrogens is 286 g/mol. The van der Waals surface area contributed by atoms with Gasteiger partial charge in [-0.1, -0.05) is 6.92 Å². The van der Waals surface area contributed by atoms with E-state index in [2.05, 4.69) is 5.32 Å². The van der Waals surface area contributed by atoms with Gasteiger partial charge in [0.05, 0.1) is 6.42 Å². The van der Waals surface area contributed by atoms with Gasteiger partial charge in [0, 0.05) is 17.2 Å². The average molecular weight is 307 g/mol. The molecule has 1 unspecified atom stereocenters. The summed E-state index contributed by atoms with van der Waals surface area (Å²) >= 11 is 0. The molecule has 6 nitrogen and oxygen atoms in total. The fourth-order valence-electron chi connectivity index (χ4n) is 1.78. The number of hydrogen-bond acceptors (Lipinski definition) is 4. The molecule has 0 bridgehead atoms. The summed E-state index contributed by atoms with van der Waals surface area (Å²) in [6, 6.07) is 6.25. The molecule has 0 fully saturated rings. The predicted molar refractivity (Wildman–Crippen MR) is 82.0 cm³/mol. The lowest BCUT2D eigenvalue weighted by Crippen LogP contribution is -2.27. The first kappa shape index (κ1) is 17.7. The molecule has 0 heterocycles. The Balaban J connectivity index is 2.68. The van der Waals surface area contributed by atoms with Gasteiger partial charge >= 0.3 is 12.1 Å². The summed E-state index contributed by atoms with van der Waals surface area (Å²) in [5, 5.41) is 11.3. The first-order valence-corrected chi connectivity index (χ1v) is 6.94. The number of nitrogens with one attached hydrogen (secondary N) is 1. The van der Waals surface area contributed by atoms with Crippen molar-refractivity contribution in [2.24, 2.45) is 5.92 Å². The lowest BCUT2D eigenvalue weighted by atomic mass is 9.96. The van der Waals surface area contributed by atoms with Gasteiger partial charge in [-0.3, -0.25) is 14.9 Å². The van der Waals surface area contributed by atoms with Crippen molar-refractivity contribution in [3.63, 3.8) is 0 Å². The predicted octanol–water partition coefficient (Wildman–Crippen LogP) is 3.33. The molecule has 1 atom stereocenters. The molecule has 1 rings (SSSR count). The molecule has 0 spiro atoms. The number of carbonyl (C=O) groups excluding carboxylic acids is 2. The summed E-state index contributed by atoms with van der Waals surface area (Å²) in [5.74, 6) is -1.85. The van der Waals surface area contributed by atoms with E-state index in [0.29, 0.717) is 11.3 Å². The van der Waals surface area contributed by atoms with Gasteiger partial charge in [0.15, 0.2) is 5.78 Å². The molecule has 0 aliphatic rings. The zero-order valence-corrected chi connectivity index (χ0v) is 13.2. The molecule has 0 aromatic heterocycles. The molecule has 6 heteroatoms. The summed E-state index contributed by atoms with van der Waals surface area (Å²) in [6.45, 7) is 6.86. The molecule has 0 saturated heterocycles. The van der Waals surface area contributed by atoms with Gasteiger partial charge in [0.25, 0.3) is 0 Å². The number of anilines is 1. The summed E-state index contributed by atoms with van der Waals surface area (Å²) in [5.41, 5.74) is 0.312. The zero-order valence-electron chi connectivity index (χ0n) is 13.2. The van der Waals surface area contributed by atoms with Gasteiger partial charge in [-0.25, -0.2) is 4.79 Å². The van der Waals surface area contributed by atoms with Crippen LogP contribution in [0.2, 0.25) is 0 Å². The Hall–Kier alpha value is -2.37.